The van der Waals surface area contributed by atoms with Crippen LogP contribution in [0.1, 0.15) is 51.4 Å². The summed E-state index contributed by atoms with van der Waals surface area (Å²) in [4.78, 5) is 0.386. The lowest BCUT2D eigenvalue weighted by molar-refractivity contribution is 0.571. The first-order valence-electron chi connectivity index (χ1n) is 6.02. The van der Waals surface area contributed by atoms with Crippen LogP contribution >= 0.6 is 79.6 Å². The van der Waals surface area contributed by atoms with Gasteiger partial charge in [-0.1, -0.05) is 112 Å². The van der Waals surface area contributed by atoms with Crippen molar-refractivity contribution < 1.29 is 0 Å². The Labute approximate surface area is 146 Å². The maximum absolute atomic E-state index is 3.79. The van der Waals surface area contributed by atoms with Crippen molar-refractivity contribution in [2.75, 3.05) is 0 Å². The molecule has 0 heterocycles. The molecule has 0 aromatic rings. The quantitative estimate of drug-likeness (QED) is 0.271. The van der Waals surface area contributed by atoms with E-state index in [1.54, 1.807) is 0 Å². The van der Waals surface area contributed by atoms with Crippen molar-refractivity contribution in [1.29, 1.82) is 0 Å². The zero-order valence-electron chi connectivity index (χ0n) is 9.62. The molecule has 1 aliphatic carbocycles. The number of halogens is 5. The Morgan fingerprint density at radius 1 is 0.882 bits per heavy atom. The third-order valence-corrected chi connectivity index (χ3v) is 10.8. The van der Waals surface area contributed by atoms with Gasteiger partial charge in [-0.05, 0) is 19.3 Å². The van der Waals surface area contributed by atoms with Gasteiger partial charge >= 0.3 is 0 Å². The van der Waals surface area contributed by atoms with Crippen molar-refractivity contribution in [2.45, 2.75) is 59.4 Å². The molecule has 0 nitrogen and oxygen atoms in total. The van der Waals surface area contributed by atoms with Gasteiger partial charge in [0, 0.05) is 13.8 Å². The monoisotopic (exact) mass is 556 g/mol. The minimum absolute atomic E-state index is 0.196. The van der Waals surface area contributed by atoms with Crippen molar-refractivity contribution in [3.63, 3.8) is 0 Å². The van der Waals surface area contributed by atoms with E-state index in [1.165, 1.54) is 53.9 Å². The van der Waals surface area contributed by atoms with Crippen molar-refractivity contribution in [3.05, 3.63) is 8.96 Å². The largest absolute Gasteiger partial charge is 0.125 e. The Balaban J connectivity index is 2.81. The molecule has 0 spiro atoms. The van der Waals surface area contributed by atoms with E-state index in [2.05, 4.69) is 79.6 Å². The van der Waals surface area contributed by atoms with Crippen LogP contribution in [0.3, 0.4) is 0 Å². The average Bonchev–Trinajstić information content (AvgIpc) is 2.29. The van der Waals surface area contributed by atoms with Gasteiger partial charge in [-0.2, -0.15) is 0 Å². The molecule has 1 atom stereocenters. The number of alkyl halides is 3. The van der Waals surface area contributed by atoms with E-state index < -0.39 is 0 Å². The molecule has 1 aliphatic rings. The summed E-state index contributed by atoms with van der Waals surface area (Å²) in [6.07, 6.45) is 10.3. The van der Waals surface area contributed by atoms with E-state index in [0.717, 1.165) is 6.42 Å². The summed E-state index contributed by atoms with van der Waals surface area (Å²) in [6, 6.07) is 0. The second-order valence-corrected chi connectivity index (χ2v) is 10.9. The van der Waals surface area contributed by atoms with E-state index in [1.807, 2.05) is 0 Å². The van der Waals surface area contributed by atoms with Gasteiger partial charge in [0.15, 0.2) is 0 Å². The third-order valence-electron chi connectivity index (χ3n) is 3.03. The van der Waals surface area contributed by atoms with Gasteiger partial charge in [-0.15, -0.1) is 0 Å². The summed E-state index contributed by atoms with van der Waals surface area (Å²) in [7, 11) is 0. The Morgan fingerprint density at radius 2 is 1.41 bits per heavy atom. The highest BCUT2D eigenvalue weighted by Crippen LogP contribution is 2.49. The highest BCUT2D eigenvalue weighted by atomic mass is 79.9. The summed E-state index contributed by atoms with van der Waals surface area (Å²) in [5.41, 5.74) is 0. The van der Waals surface area contributed by atoms with Crippen molar-refractivity contribution in [1.82, 2.24) is 0 Å². The fourth-order valence-corrected chi connectivity index (χ4v) is 5.32. The van der Waals surface area contributed by atoms with E-state index in [-0.39, 0.29) is 3.23 Å². The van der Waals surface area contributed by atoms with Crippen LogP contribution < -0.4 is 0 Å². The predicted octanol–water partition coefficient (Wildman–Crippen LogP) is 7.37. The van der Waals surface area contributed by atoms with Gasteiger partial charge in [0.25, 0.3) is 0 Å². The molecule has 0 fully saturated rings. The molecule has 1 unspecified atom stereocenters. The molecule has 0 aromatic heterocycles. The molecule has 0 aliphatic heterocycles. The van der Waals surface area contributed by atoms with Gasteiger partial charge in [0.05, 0.1) is 0 Å². The lowest BCUT2D eigenvalue weighted by Gasteiger charge is -2.28. The third kappa shape index (κ3) is 5.57. The number of hydrogen-bond acceptors (Lipinski definition) is 0. The average molecular weight is 561 g/mol. The molecular weight excluding hydrogens is 544 g/mol. The van der Waals surface area contributed by atoms with Gasteiger partial charge in [-0.25, -0.2) is 0 Å². The normalized spacial score (nSPS) is 28.4. The number of hydrogen-bond donors (Lipinski definition) is 0. The van der Waals surface area contributed by atoms with E-state index in [9.17, 15) is 0 Å². The zero-order chi connectivity index (χ0) is 12.9. The zero-order valence-corrected chi connectivity index (χ0v) is 17.6. The van der Waals surface area contributed by atoms with Crippen LogP contribution in [-0.2, 0) is 0 Å². The second-order valence-electron chi connectivity index (χ2n) is 4.47. The number of rotatable bonds is 0. The Bertz CT molecular complexity index is 272. The summed E-state index contributed by atoms with van der Waals surface area (Å²) < 4.78 is 2.24. The molecule has 0 saturated carbocycles. The Morgan fingerprint density at radius 3 is 2.06 bits per heavy atom. The maximum atomic E-state index is 3.79. The maximum Gasteiger partial charge on any atom is 0.125 e. The first-order valence-corrected chi connectivity index (χ1v) is 10.1. The van der Waals surface area contributed by atoms with Crippen LogP contribution in [0, 0.1) is 0 Å². The van der Waals surface area contributed by atoms with Crippen molar-refractivity contribution >= 4 is 79.6 Å². The molecule has 0 bridgehead atoms. The second kappa shape index (κ2) is 8.43. The molecule has 0 saturated heterocycles. The van der Waals surface area contributed by atoms with E-state index in [0.29, 0.717) is 4.83 Å². The van der Waals surface area contributed by atoms with Gasteiger partial charge in [0.2, 0.25) is 0 Å². The summed E-state index contributed by atoms with van der Waals surface area (Å²) in [6.45, 7) is 0. The summed E-state index contributed by atoms with van der Waals surface area (Å²) in [5.74, 6) is 0. The summed E-state index contributed by atoms with van der Waals surface area (Å²) >= 11 is 18.8. The van der Waals surface area contributed by atoms with Crippen LogP contribution in [0.2, 0.25) is 0 Å². The molecule has 5 heteroatoms. The summed E-state index contributed by atoms with van der Waals surface area (Å²) in [5, 5.41) is 0. The lowest BCUT2D eigenvalue weighted by atomic mass is 10.0. The van der Waals surface area contributed by atoms with Crippen LogP contribution in [0.5, 0.6) is 0 Å². The minimum Gasteiger partial charge on any atom is -0.0862 e. The number of allylic oxidation sites excluding steroid dienone is 2. The standard InChI is InChI=1S/C12H17Br5/c13-9-7-5-3-1-2-4-6-8-10(14)12(16,17)11(9)15/h10H,1-8H2. The Hall–Kier alpha value is 2.14. The Kier molecular flexibility index (Phi) is 8.53. The fraction of sp³-hybridized carbons (Fsp3) is 0.833. The van der Waals surface area contributed by atoms with Crippen molar-refractivity contribution in [2.24, 2.45) is 0 Å². The van der Waals surface area contributed by atoms with Gasteiger partial charge in [0.1, 0.15) is 3.23 Å². The van der Waals surface area contributed by atoms with Crippen LogP contribution in [0.25, 0.3) is 0 Å². The van der Waals surface area contributed by atoms with Gasteiger partial charge < -0.3 is 0 Å². The van der Waals surface area contributed by atoms with Crippen LogP contribution in [0.4, 0.5) is 0 Å². The highest BCUT2D eigenvalue weighted by Gasteiger charge is 2.35. The molecule has 100 valence electrons. The molecule has 0 amide bonds. The molecule has 1 rings (SSSR count). The SMILES string of the molecule is BrC1=C(Br)C(Br)(Br)C(Br)CCCCCCCC1. The topological polar surface area (TPSA) is 0 Å². The smallest absolute Gasteiger partial charge is 0.0862 e. The van der Waals surface area contributed by atoms with Crippen LogP contribution in [-0.4, -0.2) is 8.06 Å². The molecule has 0 aromatic carbocycles. The molecule has 17 heavy (non-hydrogen) atoms. The fourth-order valence-electron chi connectivity index (χ4n) is 1.92. The first kappa shape index (κ1) is 17.2. The van der Waals surface area contributed by atoms with Gasteiger partial charge in [-0.3, -0.25) is 0 Å². The van der Waals surface area contributed by atoms with E-state index in [4.69, 9.17) is 0 Å². The predicted molar refractivity (Wildman–Crippen MR) is 95.1 cm³/mol. The molecule has 0 radical (unpaired) electrons. The van der Waals surface area contributed by atoms with Crippen molar-refractivity contribution in [3.8, 4) is 0 Å². The first-order chi connectivity index (χ1) is 7.96. The minimum atomic E-state index is -0.196. The van der Waals surface area contributed by atoms with Crippen LogP contribution in [0.15, 0.2) is 8.96 Å². The van der Waals surface area contributed by atoms with E-state index >= 15 is 0 Å². The highest BCUT2D eigenvalue weighted by molar-refractivity contribution is 9.27. The lowest BCUT2D eigenvalue weighted by Crippen LogP contribution is -2.26. The molecule has 0 N–H and O–H groups in total. The molecular formula is C12H17Br5.